The Morgan fingerprint density at radius 1 is 1.60 bits per heavy atom. The Labute approximate surface area is 60.5 Å². The molecule has 1 fully saturated rings. The van der Waals surface area contributed by atoms with Gasteiger partial charge in [-0.15, -0.1) is 0 Å². The molecule has 3 heteroatoms. The van der Waals surface area contributed by atoms with Crippen molar-refractivity contribution in [1.29, 1.82) is 0 Å². The molecule has 0 amide bonds. The number of rotatable bonds is 1. The van der Waals surface area contributed by atoms with Gasteiger partial charge < -0.3 is 4.90 Å². The van der Waals surface area contributed by atoms with Gasteiger partial charge in [-0.25, -0.2) is 4.99 Å². The predicted octanol–water partition coefficient (Wildman–Crippen LogP) is 0.726. The summed E-state index contributed by atoms with van der Waals surface area (Å²) in [4.78, 5) is 10.4. The Kier molecular flexibility index (Phi) is 1.22. The fraction of sp³-hybridized carbons (Fsp3) is 0.714. The first kappa shape index (κ1) is 5.89. The second-order valence-electron chi connectivity index (χ2n) is 2.90. The molecule has 10 heavy (non-hydrogen) atoms. The van der Waals surface area contributed by atoms with E-state index in [0.717, 1.165) is 12.6 Å². The molecule has 0 spiro atoms. The van der Waals surface area contributed by atoms with Gasteiger partial charge >= 0.3 is 0 Å². The second-order valence-corrected chi connectivity index (χ2v) is 2.90. The number of hydrogen-bond donors (Lipinski definition) is 0. The van der Waals surface area contributed by atoms with Crippen LogP contribution in [0.2, 0.25) is 0 Å². The summed E-state index contributed by atoms with van der Waals surface area (Å²) in [5.74, 6) is 1.98. The van der Waals surface area contributed by atoms with Crippen molar-refractivity contribution in [1.82, 2.24) is 4.90 Å². The van der Waals surface area contributed by atoms with E-state index in [2.05, 4.69) is 14.9 Å². The zero-order valence-electron chi connectivity index (χ0n) is 6.12. The van der Waals surface area contributed by atoms with Crippen LogP contribution in [0.3, 0.4) is 0 Å². The molecule has 3 nitrogen and oxygen atoms in total. The molecule has 0 aromatic carbocycles. The normalized spacial score (nSPS) is 24.9. The predicted molar refractivity (Wildman–Crippen MR) is 41.3 cm³/mol. The minimum Gasteiger partial charge on any atom is -0.343 e. The molecule has 1 aliphatic heterocycles. The topological polar surface area (TPSA) is 28.0 Å². The van der Waals surface area contributed by atoms with E-state index in [4.69, 9.17) is 0 Å². The molecule has 2 rings (SSSR count). The van der Waals surface area contributed by atoms with Gasteiger partial charge in [0.2, 0.25) is 0 Å². The van der Waals surface area contributed by atoms with Crippen molar-refractivity contribution < 1.29 is 0 Å². The van der Waals surface area contributed by atoms with Gasteiger partial charge in [-0.05, 0) is 12.8 Å². The number of hydrogen-bond acceptors (Lipinski definition) is 3. The first-order chi connectivity index (χ1) is 4.88. The van der Waals surface area contributed by atoms with Crippen LogP contribution in [0.5, 0.6) is 0 Å². The zero-order chi connectivity index (χ0) is 6.97. The maximum absolute atomic E-state index is 4.22. The van der Waals surface area contributed by atoms with Crippen molar-refractivity contribution in [2.45, 2.75) is 12.8 Å². The quantitative estimate of drug-likeness (QED) is 0.523. The lowest BCUT2D eigenvalue weighted by Gasteiger charge is -2.20. The zero-order valence-corrected chi connectivity index (χ0v) is 6.12. The van der Waals surface area contributed by atoms with Gasteiger partial charge in [-0.2, -0.15) is 0 Å². The van der Waals surface area contributed by atoms with Crippen molar-refractivity contribution in [3.63, 3.8) is 0 Å². The number of nitrogens with zero attached hydrogens (tertiary/aromatic N) is 3. The average Bonchev–Trinajstić information content (AvgIpc) is 2.71. The van der Waals surface area contributed by atoms with Crippen LogP contribution in [0.15, 0.2) is 9.98 Å². The van der Waals surface area contributed by atoms with Gasteiger partial charge in [0, 0.05) is 13.0 Å². The lowest BCUT2D eigenvalue weighted by molar-refractivity contribution is 0.502. The van der Waals surface area contributed by atoms with Gasteiger partial charge in [0.25, 0.3) is 0 Å². The van der Waals surface area contributed by atoms with E-state index in [1.807, 2.05) is 7.05 Å². The van der Waals surface area contributed by atoms with Gasteiger partial charge in [-0.3, -0.25) is 4.99 Å². The molecule has 0 aromatic heterocycles. The highest BCUT2D eigenvalue weighted by Crippen LogP contribution is 2.31. The summed E-state index contributed by atoms with van der Waals surface area (Å²) in [7, 11) is 2.05. The molecule has 0 bridgehead atoms. The molecular weight excluding hydrogens is 126 g/mol. The Hall–Kier alpha value is -0.860. The highest BCUT2D eigenvalue weighted by molar-refractivity contribution is 5.93. The standard InChI is InChI=1S/C7H11N3/c1-10-5-8-4-9-7(10)6-2-3-6/h4,6H,2-3,5H2,1H3. The third kappa shape index (κ3) is 0.916. The number of aliphatic imine (C=N–C) groups is 2. The molecule has 0 aromatic rings. The summed E-state index contributed by atoms with van der Waals surface area (Å²) < 4.78 is 0. The van der Waals surface area contributed by atoms with E-state index in [9.17, 15) is 0 Å². The van der Waals surface area contributed by atoms with Crippen molar-refractivity contribution in [2.24, 2.45) is 15.9 Å². The largest absolute Gasteiger partial charge is 0.343 e. The summed E-state index contributed by atoms with van der Waals surface area (Å²) in [6.45, 7) is 0.787. The molecule has 1 heterocycles. The minimum absolute atomic E-state index is 0.747. The van der Waals surface area contributed by atoms with Crippen LogP contribution in [0, 0.1) is 5.92 Å². The first-order valence-electron chi connectivity index (χ1n) is 3.65. The molecule has 2 aliphatic rings. The summed E-state index contributed by atoms with van der Waals surface area (Å²) in [5.41, 5.74) is 0. The summed E-state index contributed by atoms with van der Waals surface area (Å²) in [6.07, 6.45) is 4.31. The maximum Gasteiger partial charge on any atom is 0.114 e. The van der Waals surface area contributed by atoms with E-state index >= 15 is 0 Å². The van der Waals surface area contributed by atoms with Gasteiger partial charge in [-0.1, -0.05) is 0 Å². The summed E-state index contributed by atoms with van der Waals surface area (Å²) in [5, 5.41) is 0. The van der Waals surface area contributed by atoms with Crippen LogP contribution in [0.1, 0.15) is 12.8 Å². The lowest BCUT2D eigenvalue weighted by Crippen LogP contribution is -2.30. The fourth-order valence-electron chi connectivity index (χ4n) is 1.19. The highest BCUT2D eigenvalue weighted by atomic mass is 15.3. The summed E-state index contributed by atoms with van der Waals surface area (Å²) >= 11 is 0. The van der Waals surface area contributed by atoms with Crippen molar-refractivity contribution >= 4 is 12.2 Å². The Bertz CT molecular complexity index is 191. The molecule has 0 unspecified atom stereocenters. The molecule has 0 atom stereocenters. The average molecular weight is 137 g/mol. The molecular formula is C7H11N3. The third-order valence-corrected chi connectivity index (χ3v) is 1.90. The molecule has 0 saturated heterocycles. The van der Waals surface area contributed by atoms with E-state index in [0.29, 0.717) is 0 Å². The second kappa shape index (κ2) is 2.08. The molecule has 1 saturated carbocycles. The molecule has 0 radical (unpaired) electrons. The van der Waals surface area contributed by atoms with Crippen LogP contribution in [0.25, 0.3) is 0 Å². The van der Waals surface area contributed by atoms with Crippen LogP contribution in [-0.2, 0) is 0 Å². The van der Waals surface area contributed by atoms with Gasteiger partial charge in [0.1, 0.15) is 18.8 Å². The van der Waals surface area contributed by atoms with E-state index in [1.54, 1.807) is 6.34 Å². The maximum atomic E-state index is 4.22. The van der Waals surface area contributed by atoms with Crippen LogP contribution >= 0.6 is 0 Å². The van der Waals surface area contributed by atoms with E-state index < -0.39 is 0 Å². The Balaban J connectivity index is 2.14. The van der Waals surface area contributed by atoms with Crippen LogP contribution in [-0.4, -0.2) is 30.8 Å². The van der Waals surface area contributed by atoms with Crippen LogP contribution < -0.4 is 0 Å². The molecule has 0 N–H and O–H groups in total. The molecule has 1 aliphatic carbocycles. The third-order valence-electron chi connectivity index (χ3n) is 1.90. The van der Waals surface area contributed by atoms with E-state index in [1.165, 1.54) is 18.7 Å². The number of amidine groups is 1. The minimum atomic E-state index is 0.747. The van der Waals surface area contributed by atoms with E-state index in [-0.39, 0.29) is 0 Å². The fourth-order valence-corrected chi connectivity index (χ4v) is 1.19. The van der Waals surface area contributed by atoms with Crippen molar-refractivity contribution in [3.05, 3.63) is 0 Å². The SMILES string of the molecule is CN1CN=CN=C1C1CC1. The smallest absolute Gasteiger partial charge is 0.114 e. The summed E-state index contributed by atoms with van der Waals surface area (Å²) in [6, 6.07) is 0. The van der Waals surface area contributed by atoms with Crippen LogP contribution in [0.4, 0.5) is 0 Å². The first-order valence-corrected chi connectivity index (χ1v) is 3.65. The monoisotopic (exact) mass is 137 g/mol. The van der Waals surface area contributed by atoms with Crippen molar-refractivity contribution in [3.8, 4) is 0 Å². The van der Waals surface area contributed by atoms with Gasteiger partial charge in [0.05, 0.1) is 0 Å². The Morgan fingerprint density at radius 2 is 2.40 bits per heavy atom. The lowest BCUT2D eigenvalue weighted by atomic mass is 10.3. The molecule has 54 valence electrons. The van der Waals surface area contributed by atoms with Crippen molar-refractivity contribution in [2.75, 3.05) is 13.7 Å². The van der Waals surface area contributed by atoms with Gasteiger partial charge in [0.15, 0.2) is 0 Å². The highest BCUT2D eigenvalue weighted by Gasteiger charge is 2.30. The Morgan fingerprint density at radius 3 is 3.00 bits per heavy atom.